The summed E-state index contributed by atoms with van der Waals surface area (Å²) < 4.78 is 5.88. The number of benzene rings is 1. The molecule has 0 spiro atoms. The SMILES string of the molecule is Cc1ccc(/C=C/C(=O)N2CCC(c3nc4ccccc4o3)CC2)s1. The Morgan fingerprint density at radius 3 is 2.76 bits per heavy atom. The third-order valence-electron chi connectivity index (χ3n) is 4.62. The zero-order valence-electron chi connectivity index (χ0n) is 14.1. The lowest BCUT2D eigenvalue weighted by Gasteiger charge is -2.29. The molecule has 1 aliphatic rings. The highest BCUT2D eigenvalue weighted by molar-refractivity contribution is 7.12. The van der Waals surface area contributed by atoms with Crippen LogP contribution in [0.3, 0.4) is 0 Å². The third kappa shape index (κ3) is 3.51. The number of para-hydroxylation sites is 2. The van der Waals surface area contributed by atoms with E-state index in [1.54, 1.807) is 17.4 Å². The zero-order valence-corrected chi connectivity index (χ0v) is 15.0. The van der Waals surface area contributed by atoms with Crippen molar-refractivity contribution in [3.8, 4) is 0 Å². The molecular weight excluding hydrogens is 332 g/mol. The first-order valence-corrected chi connectivity index (χ1v) is 9.39. The van der Waals surface area contributed by atoms with Crippen molar-refractivity contribution in [1.82, 2.24) is 9.88 Å². The molecule has 25 heavy (non-hydrogen) atoms. The molecule has 0 atom stereocenters. The number of rotatable bonds is 3. The Hall–Kier alpha value is -2.40. The van der Waals surface area contributed by atoms with Crippen LogP contribution in [0.15, 0.2) is 46.9 Å². The molecule has 0 unspecified atom stereocenters. The van der Waals surface area contributed by atoms with Crippen LogP contribution >= 0.6 is 11.3 Å². The number of likely N-dealkylation sites (tertiary alicyclic amines) is 1. The number of oxazole rings is 1. The number of aromatic nitrogens is 1. The van der Waals surface area contributed by atoms with E-state index in [1.807, 2.05) is 41.3 Å². The van der Waals surface area contributed by atoms with E-state index in [0.717, 1.165) is 47.8 Å². The number of fused-ring (bicyclic) bond motifs is 1. The minimum absolute atomic E-state index is 0.0852. The van der Waals surface area contributed by atoms with Crippen LogP contribution in [0, 0.1) is 6.92 Å². The first-order chi connectivity index (χ1) is 12.2. The topological polar surface area (TPSA) is 46.3 Å². The molecule has 1 fully saturated rings. The minimum Gasteiger partial charge on any atom is -0.440 e. The van der Waals surface area contributed by atoms with Gasteiger partial charge < -0.3 is 9.32 Å². The van der Waals surface area contributed by atoms with Crippen LogP contribution < -0.4 is 0 Å². The molecule has 1 amide bonds. The lowest BCUT2D eigenvalue weighted by Crippen LogP contribution is -2.36. The maximum atomic E-state index is 12.4. The lowest BCUT2D eigenvalue weighted by molar-refractivity contribution is -0.127. The zero-order chi connectivity index (χ0) is 17.2. The number of carbonyl (C=O) groups excluding carboxylic acids is 1. The van der Waals surface area contributed by atoms with Gasteiger partial charge in [0.2, 0.25) is 5.91 Å². The van der Waals surface area contributed by atoms with E-state index in [-0.39, 0.29) is 5.91 Å². The molecule has 4 rings (SSSR count). The number of hydrogen-bond donors (Lipinski definition) is 0. The highest BCUT2D eigenvalue weighted by Gasteiger charge is 2.26. The Balaban J connectivity index is 1.37. The van der Waals surface area contributed by atoms with E-state index in [4.69, 9.17) is 4.42 Å². The molecule has 1 aromatic carbocycles. The van der Waals surface area contributed by atoms with Crippen molar-refractivity contribution in [3.05, 3.63) is 58.1 Å². The fraction of sp³-hybridized carbons (Fsp3) is 0.300. The van der Waals surface area contributed by atoms with Crippen LogP contribution in [0.2, 0.25) is 0 Å². The maximum Gasteiger partial charge on any atom is 0.246 e. The van der Waals surface area contributed by atoms with Gasteiger partial charge in [0.1, 0.15) is 5.52 Å². The fourth-order valence-corrected chi connectivity index (χ4v) is 3.99. The minimum atomic E-state index is 0.0852. The molecule has 0 aliphatic carbocycles. The van der Waals surface area contributed by atoms with Crippen molar-refractivity contribution in [2.24, 2.45) is 0 Å². The van der Waals surface area contributed by atoms with Gasteiger partial charge in [0.05, 0.1) is 0 Å². The summed E-state index contributed by atoms with van der Waals surface area (Å²) in [5.41, 5.74) is 1.75. The highest BCUT2D eigenvalue weighted by Crippen LogP contribution is 2.30. The van der Waals surface area contributed by atoms with Crippen LogP contribution in [0.5, 0.6) is 0 Å². The summed E-state index contributed by atoms with van der Waals surface area (Å²) >= 11 is 1.70. The van der Waals surface area contributed by atoms with Crippen molar-refractivity contribution in [2.45, 2.75) is 25.7 Å². The molecule has 3 heterocycles. The molecule has 4 nitrogen and oxygen atoms in total. The molecule has 2 aromatic heterocycles. The number of hydrogen-bond acceptors (Lipinski definition) is 4. The highest BCUT2D eigenvalue weighted by atomic mass is 32.1. The Morgan fingerprint density at radius 1 is 1.24 bits per heavy atom. The largest absolute Gasteiger partial charge is 0.440 e. The number of thiophene rings is 1. The van der Waals surface area contributed by atoms with Gasteiger partial charge in [-0.15, -0.1) is 11.3 Å². The molecule has 1 aliphatic heterocycles. The lowest BCUT2D eigenvalue weighted by atomic mass is 9.97. The second kappa shape index (κ2) is 6.84. The number of amides is 1. The summed E-state index contributed by atoms with van der Waals surface area (Å²) in [5.74, 6) is 1.18. The van der Waals surface area contributed by atoms with Crippen molar-refractivity contribution in [2.75, 3.05) is 13.1 Å². The van der Waals surface area contributed by atoms with Crippen LogP contribution in [-0.4, -0.2) is 28.9 Å². The molecule has 5 heteroatoms. The second-order valence-electron chi connectivity index (χ2n) is 6.40. The average Bonchev–Trinajstić information content (AvgIpc) is 3.25. The summed E-state index contributed by atoms with van der Waals surface area (Å²) in [4.78, 5) is 21.3. The van der Waals surface area contributed by atoms with Crippen molar-refractivity contribution in [1.29, 1.82) is 0 Å². The van der Waals surface area contributed by atoms with Crippen molar-refractivity contribution < 1.29 is 9.21 Å². The van der Waals surface area contributed by atoms with Gasteiger partial charge in [0, 0.05) is 34.8 Å². The fourth-order valence-electron chi connectivity index (χ4n) is 3.21. The Labute approximate surface area is 150 Å². The van der Waals surface area contributed by atoms with E-state index in [9.17, 15) is 4.79 Å². The van der Waals surface area contributed by atoms with Gasteiger partial charge in [0.15, 0.2) is 11.5 Å². The summed E-state index contributed by atoms with van der Waals surface area (Å²) in [6, 6.07) is 12.0. The van der Waals surface area contributed by atoms with E-state index >= 15 is 0 Å². The molecule has 0 saturated carbocycles. The Kier molecular flexibility index (Phi) is 4.40. The number of piperidine rings is 1. The summed E-state index contributed by atoms with van der Waals surface area (Å²) in [7, 11) is 0. The summed E-state index contributed by atoms with van der Waals surface area (Å²) in [6.07, 6.45) is 5.38. The van der Waals surface area contributed by atoms with Crippen molar-refractivity contribution >= 4 is 34.4 Å². The van der Waals surface area contributed by atoms with E-state index in [1.165, 1.54) is 4.88 Å². The van der Waals surface area contributed by atoms with Gasteiger partial charge >= 0.3 is 0 Å². The van der Waals surface area contributed by atoms with Crippen LogP contribution in [-0.2, 0) is 4.79 Å². The van der Waals surface area contributed by atoms with Gasteiger partial charge in [-0.3, -0.25) is 4.79 Å². The molecule has 0 radical (unpaired) electrons. The second-order valence-corrected chi connectivity index (χ2v) is 7.72. The molecule has 128 valence electrons. The van der Waals surface area contributed by atoms with Gasteiger partial charge in [-0.05, 0) is 50.1 Å². The smallest absolute Gasteiger partial charge is 0.246 e. The summed E-state index contributed by atoms with van der Waals surface area (Å²) in [6.45, 7) is 3.56. The molecule has 0 N–H and O–H groups in total. The van der Waals surface area contributed by atoms with Gasteiger partial charge in [-0.25, -0.2) is 4.98 Å². The molecule has 0 bridgehead atoms. The number of aryl methyl sites for hydroxylation is 1. The summed E-state index contributed by atoms with van der Waals surface area (Å²) in [5, 5.41) is 0. The van der Waals surface area contributed by atoms with E-state index < -0.39 is 0 Å². The normalized spacial score (nSPS) is 16.1. The van der Waals surface area contributed by atoms with Crippen LogP contribution in [0.1, 0.15) is 34.4 Å². The van der Waals surface area contributed by atoms with Gasteiger partial charge in [0.25, 0.3) is 0 Å². The molecule has 3 aromatic rings. The van der Waals surface area contributed by atoms with Crippen LogP contribution in [0.25, 0.3) is 17.2 Å². The van der Waals surface area contributed by atoms with E-state index in [0.29, 0.717) is 5.92 Å². The van der Waals surface area contributed by atoms with E-state index in [2.05, 4.69) is 18.0 Å². The van der Waals surface area contributed by atoms with Gasteiger partial charge in [-0.2, -0.15) is 0 Å². The number of carbonyl (C=O) groups is 1. The predicted octanol–water partition coefficient (Wildman–Crippen LogP) is 4.62. The Bertz CT molecular complexity index is 884. The standard InChI is InChI=1S/C20H20N2O2S/c1-14-6-7-16(25-14)8-9-19(23)22-12-10-15(11-13-22)20-21-17-4-2-3-5-18(17)24-20/h2-9,15H,10-13H2,1H3/b9-8+. The third-order valence-corrected chi connectivity index (χ3v) is 5.58. The first-order valence-electron chi connectivity index (χ1n) is 8.58. The maximum absolute atomic E-state index is 12.4. The van der Waals surface area contributed by atoms with Crippen molar-refractivity contribution in [3.63, 3.8) is 0 Å². The van der Waals surface area contributed by atoms with Gasteiger partial charge in [-0.1, -0.05) is 12.1 Å². The molecular formula is C20H20N2O2S. The predicted molar refractivity (Wildman–Crippen MR) is 101 cm³/mol. The number of nitrogens with zero attached hydrogens (tertiary/aromatic N) is 2. The molecule has 1 saturated heterocycles. The average molecular weight is 352 g/mol. The first kappa shape index (κ1) is 16.1. The quantitative estimate of drug-likeness (QED) is 0.646. The Morgan fingerprint density at radius 2 is 2.04 bits per heavy atom. The monoisotopic (exact) mass is 352 g/mol. The van der Waals surface area contributed by atoms with Crippen LogP contribution in [0.4, 0.5) is 0 Å².